The summed E-state index contributed by atoms with van der Waals surface area (Å²) in [5.41, 5.74) is 3.60. The lowest BCUT2D eigenvalue weighted by molar-refractivity contribution is 0.102. The van der Waals surface area contributed by atoms with E-state index in [-0.39, 0.29) is 11.9 Å². The number of fused-ring (bicyclic) bond motifs is 2. The van der Waals surface area contributed by atoms with Gasteiger partial charge in [0, 0.05) is 15.6 Å². The number of hydrogen-bond acceptors (Lipinski definition) is 5. The Bertz CT molecular complexity index is 1200. The molecule has 5 rings (SSSR count). The van der Waals surface area contributed by atoms with Crippen molar-refractivity contribution in [3.63, 3.8) is 0 Å². The number of hydrogen-bond donors (Lipinski definition) is 1. The molecule has 5 nitrogen and oxygen atoms in total. The topological polar surface area (TPSA) is 68.0 Å². The Morgan fingerprint density at radius 2 is 1.89 bits per heavy atom. The highest BCUT2D eigenvalue weighted by atomic mass is 35.5. The Hall–Kier alpha value is -2.70. The van der Waals surface area contributed by atoms with Crippen molar-refractivity contribution < 1.29 is 9.21 Å². The van der Waals surface area contributed by atoms with Gasteiger partial charge in [-0.3, -0.25) is 10.1 Å². The molecule has 4 aromatic rings. The van der Waals surface area contributed by atoms with Crippen molar-refractivity contribution in [2.75, 3.05) is 5.32 Å². The van der Waals surface area contributed by atoms with Crippen molar-refractivity contribution in [2.45, 2.75) is 25.7 Å². The zero-order valence-electron chi connectivity index (χ0n) is 14.9. The number of thiophene rings is 1. The zero-order chi connectivity index (χ0) is 19.1. The molecule has 1 N–H and O–H groups in total. The van der Waals surface area contributed by atoms with E-state index in [2.05, 4.69) is 27.6 Å². The number of aromatic nitrogens is 2. The van der Waals surface area contributed by atoms with Gasteiger partial charge in [-0.25, -0.2) is 0 Å². The highest BCUT2D eigenvalue weighted by Crippen LogP contribution is 2.35. The molecule has 1 amide bonds. The van der Waals surface area contributed by atoms with Crippen LogP contribution in [0.1, 0.15) is 33.6 Å². The number of rotatable bonds is 3. The lowest BCUT2D eigenvalue weighted by Gasteiger charge is -2.15. The first-order valence-electron chi connectivity index (χ1n) is 9.13. The second kappa shape index (κ2) is 7.04. The van der Waals surface area contributed by atoms with Gasteiger partial charge in [0.1, 0.15) is 4.88 Å². The molecule has 140 valence electrons. The highest BCUT2D eigenvalue weighted by molar-refractivity contribution is 7.21. The summed E-state index contributed by atoms with van der Waals surface area (Å²) in [5.74, 6) is 0.0398. The maximum Gasteiger partial charge on any atom is 0.322 e. The normalized spacial score (nSPS) is 13.5. The fraction of sp³-hybridized carbons (Fsp3) is 0.190. The predicted octanol–water partition coefficient (Wildman–Crippen LogP) is 5.74. The number of amides is 1. The standard InChI is InChI=1S/C21H16ClN3O2S/c22-17-15-7-3-4-8-16(15)28-18(17)19(26)23-21-25-24-20(27-21)14-10-9-12-5-1-2-6-13(12)11-14/h3-4,7-11H,1-2,5-6H2,(H,23,25,26). The summed E-state index contributed by atoms with van der Waals surface area (Å²) in [6.45, 7) is 0. The first kappa shape index (κ1) is 17.4. The molecule has 7 heteroatoms. The molecule has 0 fully saturated rings. The van der Waals surface area contributed by atoms with Crippen LogP contribution < -0.4 is 5.32 Å². The second-order valence-corrected chi connectivity index (χ2v) is 8.23. The van der Waals surface area contributed by atoms with E-state index in [1.54, 1.807) is 0 Å². The Balaban J connectivity index is 1.39. The molecule has 0 spiro atoms. The first-order valence-corrected chi connectivity index (χ1v) is 10.3. The Labute approximate surface area is 170 Å². The number of nitrogens with one attached hydrogen (secondary N) is 1. The number of carbonyl (C=O) groups is 1. The summed E-state index contributed by atoms with van der Waals surface area (Å²) in [6.07, 6.45) is 4.64. The maximum atomic E-state index is 12.6. The minimum Gasteiger partial charge on any atom is -0.403 e. The summed E-state index contributed by atoms with van der Waals surface area (Å²) in [5, 5.41) is 12.0. The van der Waals surface area contributed by atoms with Gasteiger partial charge in [-0.05, 0) is 55.0 Å². The monoisotopic (exact) mass is 409 g/mol. The van der Waals surface area contributed by atoms with Gasteiger partial charge in [0.15, 0.2) is 0 Å². The van der Waals surface area contributed by atoms with Gasteiger partial charge in [0.2, 0.25) is 5.89 Å². The molecule has 0 radical (unpaired) electrons. The third kappa shape index (κ3) is 3.08. The predicted molar refractivity (Wildman–Crippen MR) is 111 cm³/mol. The van der Waals surface area contributed by atoms with Gasteiger partial charge >= 0.3 is 6.01 Å². The van der Waals surface area contributed by atoms with Crippen LogP contribution in [-0.4, -0.2) is 16.1 Å². The van der Waals surface area contributed by atoms with Crippen molar-refractivity contribution in [2.24, 2.45) is 0 Å². The molecule has 2 heterocycles. The Morgan fingerprint density at radius 3 is 2.75 bits per heavy atom. The van der Waals surface area contributed by atoms with Crippen molar-refractivity contribution in [1.82, 2.24) is 10.2 Å². The smallest absolute Gasteiger partial charge is 0.322 e. The average Bonchev–Trinajstić information content (AvgIpc) is 3.32. The minimum absolute atomic E-state index is 0.0613. The van der Waals surface area contributed by atoms with Gasteiger partial charge < -0.3 is 4.42 Å². The molecule has 2 aromatic carbocycles. The Morgan fingerprint density at radius 1 is 1.07 bits per heavy atom. The van der Waals surface area contributed by atoms with Crippen LogP contribution in [0.25, 0.3) is 21.5 Å². The van der Waals surface area contributed by atoms with E-state index in [4.69, 9.17) is 16.0 Å². The van der Waals surface area contributed by atoms with E-state index in [1.807, 2.05) is 30.3 Å². The van der Waals surface area contributed by atoms with Crippen LogP contribution >= 0.6 is 22.9 Å². The van der Waals surface area contributed by atoms with Crippen LogP contribution in [0.4, 0.5) is 6.01 Å². The van der Waals surface area contributed by atoms with Crippen LogP contribution in [0.3, 0.4) is 0 Å². The van der Waals surface area contributed by atoms with Crippen molar-refractivity contribution in [3.05, 3.63) is 63.5 Å². The number of aryl methyl sites for hydroxylation is 2. The third-order valence-corrected chi connectivity index (χ3v) is 6.66. The van der Waals surface area contributed by atoms with Gasteiger partial charge in [0.05, 0.1) is 5.02 Å². The van der Waals surface area contributed by atoms with E-state index >= 15 is 0 Å². The molecule has 0 bridgehead atoms. The second-order valence-electron chi connectivity index (χ2n) is 6.80. The van der Waals surface area contributed by atoms with E-state index in [1.165, 1.54) is 35.3 Å². The molecule has 0 saturated carbocycles. The fourth-order valence-corrected chi connectivity index (χ4v) is 4.98. The minimum atomic E-state index is -0.355. The SMILES string of the molecule is O=C(Nc1nnc(-c2ccc3c(c2)CCCC3)o1)c1sc2ccccc2c1Cl. The fourth-order valence-electron chi connectivity index (χ4n) is 3.57. The average molecular weight is 410 g/mol. The van der Waals surface area contributed by atoms with E-state index < -0.39 is 0 Å². The van der Waals surface area contributed by atoms with Crippen LogP contribution in [0.15, 0.2) is 46.9 Å². The van der Waals surface area contributed by atoms with E-state index in [0.717, 1.165) is 28.5 Å². The van der Waals surface area contributed by atoms with Crippen LogP contribution in [0, 0.1) is 0 Å². The van der Waals surface area contributed by atoms with Crippen molar-refractivity contribution >= 4 is 44.9 Å². The molecule has 2 aromatic heterocycles. The molecule has 1 aliphatic carbocycles. The molecule has 0 aliphatic heterocycles. The lowest BCUT2D eigenvalue weighted by atomic mass is 9.90. The summed E-state index contributed by atoms with van der Waals surface area (Å²) in [7, 11) is 0. The van der Waals surface area contributed by atoms with Crippen molar-refractivity contribution in [1.29, 1.82) is 0 Å². The van der Waals surface area contributed by atoms with Crippen molar-refractivity contribution in [3.8, 4) is 11.5 Å². The summed E-state index contributed by atoms with van der Waals surface area (Å²) < 4.78 is 6.63. The molecular formula is C21H16ClN3O2S. The number of benzene rings is 2. The largest absolute Gasteiger partial charge is 0.403 e. The summed E-state index contributed by atoms with van der Waals surface area (Å²) in [4.78, 5) is 13.1. The number of halogens is 1. The van der Waals surface area contributed by atoms with Crippen LogP contribution in [0.2, 0.25) is 5.02 Å². The molecule has 0 unspecified atom stereocenters. The number of nitrogens with zero attached hydrogens (tertiary/aromatic N) is 2. The number of carbonyl (C=O) groups excluding carboxylic acids is 1. The third-order valence-electron chi connectivity index (χ3n) is 4.98. The van der Waals surface area contributed by atoms with Gasteiger partial charge in [-0.2, -0.15) is 0 Å². The molecular weight excluding hydrogens is 394 g/mol. The first-order chi connectivity index (χ1) is 13.7. The quantitative estimate of drug-likeness (QED) is 0.468. The van der Waals surface area contributed by atoms with E-state index in [0.29, 0.717) is 15.8 Å². The zero-order valence-corrected chi connectivity index (χ0v) is 16.4. The summed E-state index contributed by atoms with van der Waals surface area (Å²) >= 11 is 7.71. The number of anilines is 1. The summed E-state index contributed by atoms with van der Waals surface area (Å²) in [6, 6.07) is 13.9. The van der Waals surface area contributed by atoms with Gasteiger partial charge in [-0.15, -0.1) is 16.4 Å². The molecule has 0 atom stereocenters. The molecule has 1 aliphatic rings. The highest BCUT2D eigenvalue weighted by Gasteiger charge is 2.20. The van der Waals surface area contributed by atoms with Gasteiger partial charge in [0.25, 0.3) is 5.91 Å². The lowest BCUT2D eigenvalue weighted by Crippen LogP contribution is -2.10. The maximum absolute atomic E-state index is 12.6. The molecule has 0 saturated heterocycles. The van der Waals surface area contributed by atoms with Crippen LogP contribution in [-0.2, 0) is 12.8 Å². The van der Waals surface area contributed by atoms with E-state index in [9.17, 15) is 4.79 Å². The molecule has 28 heavy (non-hydrogen) atoms. The van der Waals surface area contributed by atoms with Crippen LogP contribution in [0.5, 0.6) is 0 Å². The van der Waals surface area contributed by atoms with Gasteiger partial charge in [-0.1, -0.05) is 41.0 Å². The Kier molecular flexibility index (Phi) is 4.37.